The maximum absolute atomic E-state index is 10.6. The second-order valence-electron chi connectivity index (χ2n) is 3.86. The highest BCUT2D eigenvalue weighted by Crippen LogP contribution is 2.23. The van der Waals surface area contributed by atoms with Gasteiger partial charge in [-0.05, 0) is 6.07 Å². The van der Waals surface area contributed by atoms with E-state index in [4.69, 9.17) is 5.11 Å². The molecule has 2 N–H and O–H groups in total. The lowest BCUT2D eigenvalue weighted by Crippen LogP contribution is -2.49. The number of phenols is 1. The highest BCUT2D eigenvalue weighted by molar-refractivity contribution is 5.71. The van der Waals surface area contributed by atoms with Crippen LogP contribution in [0.5, 0.6) is 5.75 Å². The minimum Gasteiger partial charge on any atom is -0.508 e. The quantitative estimate of drug-likeness (QED) is 0.773. The minimum atomic E-state index is -0.733. The van der Waals surface area contributed by atoms with Gasteiger partial charge in [0.05, 0.1) is 5.92 Å². The minimum absolute atomic E-state index is 0.240. The molecular weight excluding hydrogens is 194 g/mol. The van der Waals surface area contributed by atoms with E-state index in [2.05, 4.69) is 0 Å². The molecule has 0 saturated carbocycles. The molecule has 0 amide bonds. The maximum atomic E-state index is 10.6. The first kappa shape index (κ1) is 9.98. The van der Waals surface area contributed by atoms with E-state index < -0.39 is 5.97 Å². The van der Waals surface area contributed by atoms with E-state index in [1.54, 1.807) is 12.1 Å². The van der Waals surface area contributed by atoms with E-state index in [0.29, 0.717) is 19.6 Å². The van der Waals surface area contributed by atoms with E-state index in [-0.39, 0.29) is 11.7 Å². The molecule has 4 heteroatoms. The van der Waals surface area contributed by atoms with E-state index in [1.807, 2.05) is 17.0 Å². The summed E-state index contributed by atoms with van der Waals surface area (Å²) in [5, 5.41) is 18.2. The van der Waals surface area contributed by atoms with Gasteiger partial charge in [-0.1, -0.05) is 18.2 Å². The summed E-state index contributed by atoms with van der Waals surface area (Å²) in [5.41, 5.74) is 0.848. The summed E-state index contributed by atoms with van der Waals surface area (Å²) in [7, 11) is 0. The van der Waals surface area contributed by atoms with Gasteiger partial charge in [0.2, 0.25) is 0 Å². The van der Waals surface area contributed by atoms with E-state index >= 15 is 0 Å². The van der Waals surface area contributed by atoms with E-state index in [0.717, 1.165) is 5.56 Å². The maximum Gasteiger partial charge on any atom is 0.309 e. The number of carboxylic acid groups (broad SMARTS) is 1. The van der Waals surface area contributed by atoms with Gasteiger partial charge in [0.25, 0.3) is 0 Å². The Labute approximate surface area is 87.8 Å². The zero-order valence-corrected chi connectivity index (χ0v) is 8.26. The lowest BCUT2D eigenvalue weighted by Gasteiger charge is -2.36. The molecule has 0 radical (unpaired) electrons. The second-order valence-corrected chi connectivity index (χ2v) is 3.86. The normalized spacial score (nSPS) is 17.3. The molecule has 1 heterocycles. The van der Waals surface area contributed by atoms with Gasteiger partial charge >= 0.3 is 5.97 Å². The van der Waals surface area contributed by atoms with Crippen molar-refractivity contribution >= 4 is 5.97 Å². The number of aromatic hydroxyl groups is 1. The summed E-state index contributed by atoms with van der Waals surface area (Å²) < 4.78 is 0. The average Bonchev–Trinajstić information content (AvgIpc) is 2.12. The molecule has 0 spiro atoms. The lowest BCUT2D eigenvalue weighted by molar-refractivity contribution is -0.147. The number of carboxylic acids is 1. The Morgan fingerprint density at radius 1 is 1.40 bits per heavy atom. The van der Waals surface area contributed by atoms with Gasteiger partial charge in [-0.2, -0.15) is 0 Å². The first-order valence-electron chi connectivity index (χ1n) is 4.89. The van der Waals surface area contributed by atoms with Crippen LogP contribution in [0.25, 0.3) is 0 Å². The van der Waals surface area contributed by atoms with E-state index in [1.165, 1.54) is 0 Å². The molecule has 1 aromatic carbocycles. The number of benzene rings is 1. The van der Waals surface area contributed by atoms with Gasteiger partial charge in [-0.3, -0.25) is 9.69 Å². The highest BCUT2D eigenvalue weighted by Gasteiger charge is 2.32. The van der Waals surface area contributed by atoms with Crippen LogP contribution >= 0.6 is 0 Å². The lowest BCUT2D eigenvalue weighted by atomic mass is 9.99. The van der Waals surface area contributed by atoms with Crippen molar-refractivity contribution in [3.05, 3.63) is 29.8 Å². The topological polar surface area (TPSA) is 60.8 Å². The smallest absolute Gasteiger partial charge is 0.309 e. The second kappa shape index (κ2) is 3.90. The summed E-state index contributed by atoms with van der Waals surface area (Å²) in [6.07, 6.45) is 0. The predicted octanol–water partition coefficient (Wildman–Crippen LogP) is 0.909. The Kier molecular flexibility index (Phi) is 2.60. The van der Waals surface area contributed by atoms with Crippen molar-refractivity contribution in [3.8, 4) is 5.75 Å². The van der Waals surface area contributed by atoms with E-state index in [9.17, 15) is 9.90 Å². The summed E-state index contributed by atoms with van der Waals surface area (Å²) in [5.74, 6) is -0.698. The van der Waals surface area contributed by atoms with Crippen LogP contribution in [0, 0.1) is 5.92 Å². The molecule has 1 saturated heterocycles. The predicted molar refractivity (Wildman–Crippen MR) is 54.5 cm³/mol. The zero-order chi connectivity index (χ0) is 10.8. The van der Waals surface area contributed by atoms with Crippen LogP contribution in [0.1, 0.15) is 5.56 Å². The molecule has 0 aromatic heterocycles. The average molecular weight is 207 g/mol. The number of aliphatic carboxylic acids is 1. The van der Waals surface area contributed by atoms with Crippen LogP contribution in [0.15, 0.2) is 24.3 Å². The molecule has 0 atom stereocenters. The van der Waals surface area contributed by atoms with Crippen LogP contribution in [-0.4, -0.2) is 34.2 Å². The Bertz CT molecular complexity index is 372. The Balaban J connectivity index is 1.90. The third-order valence-electron chi connectivity index (χ3n) is 2.69. The number of hydrogen-bond acceptors (Lipinski definition) is 3. The number of phenolic OH excluding ortho intramolecular Hbond substituents is 1. The molecule has 15 heavy (non-hydrogen) atoms. The summed E-state index contributed by atoms with van der Waals surface area (Å²) >= 11 is 0. The van der Waals surface area contributed by atoms with Crippen molar-refractivity contribution in [2.24, 2.45) is 5.92 Å². The summed E-state index contributed by atoms with van der Waals surface area (Å²) in [6, 6.07) is 7.13. The fourth-order valence-electron chi connectivity index (χ4n) is 1.74. The molecule has 0 aliphatic carbocycles. The Morgan fingerprint density at radius 2 is 2.07 bits per heavy atom. The zero-order valence-electron chi connectivity index (χ0n) is 8.26. The van der Waals surface area contributed by atoms with Gasteiger partial charge in [-0.15, -0.1) is 0 Å². The van der Waals surface area contributed by atoms with Crippen molar-refractivity contribution in [1.29, 1.82) is 0 Å². The number of hydrogen-bond donors (Lipinski definition) is 2. The first-order chi connectivity index (χ1) is 7.16. The van der Waals surface area contributed by atoms with Crippen LogP contribution in [0.2, 0.25) is 0 Å². The van der Waals surface area contributed by atoms with Crippen LogP contribution in [0.3, 0.4) is 0 Å². The molecular formula is C11H13NO3. The van der Waals surface area contributed by atoms with Crippen LogP contribution in [-0.2, 0) is 11.3 Å². The number of nitrogens with zero attached hydrogens (tertiary/aromatic N) is 1. The SMILES string of the molecule is O=C(O)C1CN(Cc2ccccc2O)C1. The fourth-order valence-corrected chi connectivity index (χ4v) is 1.74. The molecule has 1 aliphatic heterocycles. The van der Waals surface area contributed by atoms with Crippen LogP contribution in [0.4, 0.5) is 0 Å². The van der Waals surface area contributed by atoms with Crippen molar-refractivity contribution in [3.63, 3.8) is 0 Å². The molecule has 0 bridgehead atoms. The van der Waals surface area contributed by atoms with Gasteiger partial charge in [0, 0.05) is 25.2 Å². The highest BCUT2D eigenvalue weighted by atomic mass is 16.4. The Morgan fingerprint density at radius 3 is 2.67 bits per heavy atom. The van der Waals surface area contributed by atoms with Gasteiger partial charge in [0.15, 0.2) is 0 Å². The molecule has 1 aromatic rings. The molecule has 1 aliphatic rings. The molecule has 1 fully saturated rings. The summed E-state index contributed by atoms with van der Waals surface area (Å²) in [4.78, 5) is 12.6. The molecule has 80 valence electrons. The number of rotatable bonds is 3. The monoisotopic (exact) mass is 207 g/mol. The number of para-hydroxylation sites is 1. The Hall–Kier alpha value is -1.55. The molecule has 0 unspecified atom stereocenters. The van der Waals surface area contributed by atoms with Gasteiger partial charge in [-0.25, -0.2) is 0 Å². The fraction of sp³-hybridized carbons (Fsp3) is 0.364. The van der Waals surface area contributed by atoms with Crippen molar-refractivity contribution in [2.75, 3.05) is 13.1 Å². The standard InChI is InChI=1S/C11H13NO3/c13-10-4-2-1-3-8(10)5-12-6-9(7-12)11(14)15/h1-4,9,13H,5-7H2,(H,14,15). The van der Waals surface area contributed by atoms with Gasteiger partial charge in [0.1, 0.15) is 5.75 Å². The number of carbonyl (C=O) groups is 1. The molecule has 4 nitrogen and oxygen atoms in total. The summed E-state index contributed by atoms with van der Waals surface area (Å²) in [6.45, 7) is 1.77. The third kappa shape index (κ3) is 2.10. The molecule has 2 rings (SSSR count). The first-order valence-corrected chi connectivity index (χ1v) is 4.89. The van der Waals surface area contributed by atoms with Crippen molar-refractivity contribution in [1.82, 2.24) is 4.90 Å². The van der Waals surface area contributed by atoms with Crippen LogP contribution < -0.4 is 0 Å². The van der Waals surface area contributed by atoms with Crippen molar-refractivity contribution in [2.45, 2.75) is 6.54 Å². The largest absolute Gasteiger partial charge is 0.508 e. The van der Waals surface area contributed by atoms with Crippen molar-refractivity contribution < 1.29 is 15.0 Å². The number of likely N-dealkylation sites (tertiary alicyclic amines) is 1. The third-order valence-corrected chi connectivity index (χ3v) is 2.69. The van der Waals surface area contributed by atoms with Gasteiger partial charge < -0.3 is 10.2 Å².